The van der Waals surface area contributed by atoms with Gasteiger partial charge in [-0.2, -0.15) is 0 Å². The minimum atomic E-state index is 0.146. The molecule has 21 heavy (non-hydrogen) atoms. The normalized spacial score (nSPS) is 24.0. The average Bonchev–Trinajstić information content (AvgIpc) is 2.92. The van der Waals surface area contributed by atoms with E-state index in [1.165, 1.54) is 12.8 Å². The molecule has 0 amide bonds. The molecule has 2 atom stereocenters. The van der Waals surface area contributed by atoms with Gasteiger partial charge in [0, 0.05) is 16.2 Å². The molecule has 5 rings (SSSR count). The second-order valence-electron chi connectivity index (χ2n) is 6.26. The monoisotopic (exact) mass is 276 g/mol. The first kappa shape index (κ1) is 11.5. The average molecular weight is 276 g/mol. The molecule has 0 N–H and O–H groups in total. The Morgan fingerprint density at radius 1 is 1.00 bits per heavy atom. The standard InChI is InChI=1S/C18H16N2O/c21-18-13-8-4-6-11-5-3-7-12(16(11)13)17-19-14-9-1-2-10-15(14)20(17)18/h3-8,14-15H,1-2,9-10H2. The zero-order valence-electron chi connectivity index (χ0n) is 11.7. The SMILES string of the molecule is O=c1c2cccc3cccc(c4n1C1CCCCC1N=4)c32. The van der Waals surface area contributed by atoms with Gasteiger partial charge in [-0.15, -0.1) is 0 Å². The highest BCUT2D eigenvalue weighted by atomic mass is 16.1. The fraction of sp³-hybridized carbons (Fsp3) is 0.333. The van der Waals surface area contributed by atoms with Gasteiger partial charge < -0.3 is 0 Å². The molecule has 0 bridgehead atoms. The maximum atomic E-state index is 13.0. The predicted octanol–water partition coefficient (Wildman–Crippen LogP) is 2.99. The molecule has 2 aromatic carbocycles. The highest BCUT2D eigenvalue weighted by Crippen LogP contribution is 2.33. The lowest BCUT2D eigenvalue weighted by molar-refractivity contribution is 0.328. The Morgan fingerprint density at radius 2 is 1.76 bits per heavy atom. The van der Waals surface area contributed by atoms with Gasteiger partial charge in [0.05, 0.1) is 12.1 Å². The van der Waals surface area contributed by atoms with Crippen molar-refractivity contribution in [2.24, 2.45) is 4.99 Å². The second-order valence-corrected chi connectivity index (χ2v) is 6.26. The smallest absolute Gasteiger partial charge is 0.260 e. The third-order valence-corrected chi connectivity index (χ3v) is 5.14. The number of pyridine rings is 1. The molecule has 2 aliphatic rings. The summed E-state index contributed by atoms with van der Waals surface area (Å²) in [5.74, 6) is 0. The van der Waals surface area contributed by atoms with Crippen LogP contribution < -0.4 is 11.0 Å². The van der Waals surface area contributed by atoms with Crippen LogP contribution in [0.5, 0.6) is 0 Å². The van der Waals surface area contributed by atoms with Crippen molar-refractivity contribution in [2.75, 3.05) is 0 Å². The maximum absolute atomic E-state index is 13.0. The van der Waals surface area contributed by atoms with Crippen LogP contribution in [0.2, 0.25) is 0 Å². The molecule has 3 nitrogen and oxygen atoms in total. The van der Waals surface area contributed by atoms with Crippen molar-refractivity contribution in [3.63, 3.8) is 0 Å². The summed E-state index contributed by atoms with van der Waals surface area (Å²) < 4.78 is 1.99. The molecule has 0 spiro atoms. The lowest BCUT2D eigenvalue weighted by Gasteiger charge is -2.25. The molecular weight excluding hydrogens is 260 g/mol. The van der Waals surface area contributed by atoms with Crippen LogP contribution in [0.15, 0.2) is 46.2 Å². The number of hydrogen-bond donors (Lipinski definition) is 0. The van der Waals surface area contributed by atoms with Gasteiger partial charge in [-0.1, -0.05) is 43.2 Å². The van der Waals surface area contributed by atoms with Gasteiger partial charge in [-0.05, 0) is 24.3 Å². The Kier molecular flexibility index (Phi) is 2.16. The van der Waals surface area contributed by atoms with E-state index in [4.69, 9.17) is 4.99 Å². The first-order valence-electron chi connectivity index (χ1n) is 7.78. The summed E-state index contributed by atoms with van der Waals surface area (Å²) in [5.41, 5.74) is 1.06. The summed E-state index contributed by atoms with van der Waals surface area (Å²) in [6, 6.07) is 12.9. The zero-order valence-corrected chi connectivity index (χ0v) is 11.7. The molecule has 1 aromatic heterocycles. The molecule has 1 aliphatic carbocycles. The largest absolute Gasteiger partial charge is 0.287 e. The van der Waals surface area contributed by atoms with Crippen molar-refractivity contribution in [1.29, 1.82) is 0 Å². The van der Waals surface area contributed by atoms with E-state index >= 15 is 0 Å². The van der Waals surface area contributed by atoms with Crippen molar-refractivity contribution in [3.8, 4) is 0 Å². The van der Waals surface area contributed by atoms with Gasteiger partial charge in [-0.3, -0.25) is 14.4 Å². The quantitative estimate of drug-likeness (QED) is 0.621. The van der Waals surface area contributed by atoms with E-state index in [1.807, 2.05) is 16.7 Å². The van der Waals surface area contributed by atoms with E-state index in [1.54, 1.807) is 0 Å². The van der Waals surface area contributed by atoms with Gasteiger partial charge in [0.2, 0.25) is 0 Å². The van der Waals surface area contributed by atoms with E-state index in [0.29, 0.717) is 6.04 Å². The third-order valence-electron chi connectivity index (χ3n) is 5.14. The van der Waals surface area contributed by atoms with Gasteiger partial charge in [0.25, 0.3) is 5.56 Å². The number of fused-ring (bicyclic) bond motifs is 4. The van der Waals surface area contributed by atoms with Crippen LogP contribution in [0.4, 0.5) is 0 Å². The molecule has 1 aliphatic heterocycles. The van der Waals surface area contributed by atoms with Crippen LogP contribution in [0, 0.1) is 0 Å². The maximum Gasteiger partial charge on any atom is 0.260 e. The van der Waals surface area contributed by atoms with Crippen LogP contribution in [0.25, 0.3) is 21.5 Å². The number of aromatic nitrogens is 1. The Labute approximate surface area is 121 Å². The van der Waals surface area contributed by atoms with Crippen molar-refractivity contribution in [2.45, 2.75) is 37.8 Å². The van der Waals surface area contributed by atoms with Crippen LogP contribution in [-0.4, -0.2) is 10.6 Å². The Bertz CT molecular complexity index is 981. The molecule has 3 aromatic rings. The van der Waals surface area contributed by atoms with E-state index in [0.717, 1.165) is 39.9 Å². The van der Waals surface area contributed by atoms with Crippen molar-refractivity contribution < 1.29 is 0 Å². The van der Waals surface area contributed by atoms with Crippen LogP contribution in [0.1, 0.15) is 31.7 Å². The van der Waals surface area contributed by atoms with Gasteiger partial charge in [0.1, 0.15) is 5.49 Å². The third kappa shape index (κ3) is 1.39. The Hall–Kier alpha value is -2.16. The number of rotatable bonds is 0. The molecular formula is C18H16N2O. The molecule has 1 saturated carbocycles. The highest BCUT2D eigenvalue weighted by molar-refractivity contribution is 6.09. The number of hydrogen-bond acceptors (Lipinski definition) is 2. The molecule has 2 heterocycles. The van der Waals surface area contributed by atoms with Crippen molar-refractivity contribution >= 4 is 21.5 Å². The number of nitrogens with zero attached hydrogens (tertiary/aromatic N) is 2. The van der Waals surface area contributed by atoms with Gasteiger partial charge in [0.15, 0.2) is 0 Å². The second kappa shape index (κ2) is 3.94. The summed E-state index contributed by atoms with van der Waals surface area (Å²) in [4.78, 5) is 17.9. The van der Waals surface area contributed by atoms with Crippen LogP contribution in [0.3, 0.4) is 0 Å². The van der Waals surface area contributed by atoms with Crippen molar-refractivity contribution in [3.05, 3.63) is 52.2 Å². The fourth-order valence-electron chi connectivity index (χ4n) is 4.20. The lowest BCUT2D eigenvalue weighted by Crippen LogP contribution is -2.35. The molecule has 2 unspecified atom stereocenters. The van der Waals surface area contributed by atoms with Crippen LogP contribution >= 0.6 is 0 Å². The molecule has 104 valence electrons. The summed E-state index contributed by atoms with van der Waals surface area (Å²) in [7, 11) is 0. The number of benzene rings is 2. The van der Waals surface area contributed by atoms with E-state index in [-0.39, 0.29) is 11.6 Å². The summed E-state index contributed by atoms with van der Waals surface area (Å²) in [6.07, 6.45) is 4.64. The van der Waals surface area contributed by atoms with Gasteiger partial charge in [-0.25, -0.2) is 0 Å². The minimum absolute atomic E-state index is 0.146. The van der Waals surface area contributed by atoms with E-state index < -0.39 is 0 Å². The predicted molar refractivity (Wildman–Crippen MR) is 83.8 cm³/mol. The molecule has 1 fully saturated rings. The Balaban J connectivity index is 2.02. The molecule has 3 heteroatoms. The first-order valence-corrected chi connectivity index (χ1v) is 7.78. The minimum Gasteiger partial charge on any atom is -0.287 e. The van der Waals surface area contributed by atoms with Crippen LogP contribution in [-0.2, 0) is 0 Å². The highest BCUT2D eigenvalue weighted by Gasteiger charge is 2.33. The lowest BCUT2D eigenvalue weighted by atomic mass is 9.91. The summed E-state index contributed by atoms with van der Waals surface area (Å²) in [6.45, 7) is 0. The fourth-order valence-corrected chi connectivity index (χ4v) is 4.20. The topological polar surface area (TPSA) is 34.4 Å². The van der Waals surface area contributed by atoms with Crippen molar-refractivity contribution in [1.82, 2.24) is 4.57 Å². The van der Waals surface area contributed by atoms with Gasteiger partial charge >= 0.3 is 0 Å². The zero-order chi connectivity index (χ0) is 14.0. The first-order chi connectivity index (χ1) is 10.3. The summed E-state index contributed by atoms with van der Waals surface area (Å²) >= 11 is 0. The van der Waals surface area contributed by atoms with E-state index in [9.17, 15) is 4.79 Å². The molecule has 0 saturated heterocycles. The molecule has 0 radical (unpaired) electrons. The van der Waals surface area contributed by atoms with E-state index in [2.05, 4.69) is 24.3 Å². The Morgan fingerprint density at radius 3 is 2.62 bits per heavy atom. The summed E-state index contributed by atoms with van der Waals surface area (Å²) in [5, 5.41) is 4.19.